The summed E-state index contributed by atoms with van der Waals surface area (Å²) >= 11 is 0. The van der Waals surface area contributed by atoms with E-state index in [1.165, 1.54) is 0 Å². The minimum atomic E-state index is -5.01. The molecule has 0 aromatic heterocycles. The van der Waals surface area contributed by atoms with Crippen molar-refractivity contribution in [3.8, 4) is 0 Å². The second-order valence-electron chi connectivity index (χ2n) is 6.98. The molecule has 10 bridgehead atoms. The summed E-state index contributed by atoms with van der Waals surface area (Å²) in [5.41, 5.74) is 0. The standard InChI is InChI=1S/C6O22P4/c7-29-17-1-3(19-29)6(16-28-31(9,23-11-1)25-13-3)2-4(20-30(8,18-2)22-6)5(1,21-29)15-27-32(10,24-12-2)26-14-4/t1-,2+,3-,4+,5-,6-,29?,30?,31?,32?/m0/s1. The van der Waals surface area contributed by atoms with Gasteiger partial charge in [-0.3, -0.25) is 0 Å². The largest absolute Gasteiger partial charge is 0.557 e. The van der Waals surface area contributed by atoms with Crippen molar-refractivity contribution in [1.82, 2.24) is 0 Å². The Morgan fingerprint density at radius 3 is 0.688 bits per heavy atom. The van der Waals surface area contributed by atoms with Crippen LogP contribution in [0.15, 0.2) is 0 Å². The minimum Gasteiger partial charge on any atom is -0.238 e. The number of rotatable bonds is 0. The van der Waals surface area contributed by atoms with Crippen LogP contribution < -0.4 is 0 Å². The average molecular weight is 548 g/mol. The molecule has 0 aromatic rings. The van der Waals surface area contributed by atoms with Crippen molar-refractivity contribution in [1.29, 1.82) is 0 Å². The lowest BCUT2D eigenvalue weighted by Crippen LogP contribution is -2.96. The molecule has 1 saturated carbocycles. The summed E-state index contributed by atoms with van der Waals surface area (Å²) < 4.78 is 111. The quantitative estimate of drug-likeness (QED) is 0.296. The second-order valence-corrected chi connectivity index (χ2v) is 12.6. The fraction of sp³-hybridized carbons (Fsp3) is 1.00. The molecule has 11 fully saturated rings. The number of hydrogen-bond donors (Lipinski definition) is 0. The Hall–Kier alpha value is 0.200. The van der Waals surface area contributed by atoms with E-state index in [4.69, 9.17) is 56.5 Å². The fourth-order valence-corrected chi connectivity index (χ4v) is 9.55. The molecule has 32 heavy (non-hydrogen) atoms. The maximum Gasteiger partial charge on any atom is 0.557 e. The molecule has 0 aromatic carbocycles. The van der Waals surface area contributed by atoms with Gasteiger partial charge in [0.1, 0.15) is 0 Å². The molecule has 6 spiro atoms. The first-order chi connectivity index (χ1) is 15.0. The smallest absolute Gasteiger partial charge is 0.238 e. The lowest BCUT2D eigenvalue weighted by Gasteiger charge is -2.62. The van der Waals surface area contributed by atoms with Gasteiger partial charge >= 0.3 is 66.0 Å². The van der Waals surface area contributed by atoms with Gasteiger partial charge in [-0.2, -0.15) is 29.3 Å². The van der Waals surface area contributed by atoms with Gasteiger partial charge in [0, 0.05) is 0 Å². The zero-order valence-corrected chi connectivity index (χ0v) is 17.3. The van der Waals surface area contributed by atoms with Crippen LogP contribution in [0.1, 0.15) is 0 Å². The molecule has 0 radical (unpaired) electrons. The van der Waals surface area contributed by atoms with E-state index in [1.807, 2.05) is 0 Å². The minimum absolute atomic E-state index is 3.19. The van der Waals surface area contributed by atoms with Gasteiger partial charge in [0.05, 0.1) is 0 Å². The van der Waals surface area contributed by atoms with Crippen LogP contribution in [0.4, 0.5) is 0 Å². The normalized spacial score (nSPS) is 73.8. The fourth-order valence-electron chi connectivity index (χ4n) is 4.49. The van der Waals surface area contributed by atoms with Gasteiger partial charge < -0.3 is 0 Å². The summed E-state index contributed by atoms with van der Waals surface area (Å²) in [5, 5.41) is 0. The van der Waals surface area contributed by atoms with E-state index in [2.05, 4.69) is 28.0 Å². The third-order valence-corrected chi connectivity index (χ3v) is 9.94. The molecule has 22 nitrogen and oxygen atoms in total. The SMILES string of the molecule is O=P12OO[C@]34OP5(=O)O[C@]3(OO1)[C@@]1(OO2)OP2(=O)O[C@@]13OOP1(=O)OO[C@@]4(O5)[C@]3(OO1)O2. The summed E-state index contributed by atoms with van der Waals surface area (Å²) in [6.45, 7) is 0. The molecule has 26 heteroatoms. The Morgan fingerprint density at radius 2 is 0.500 bits per heavy atom. The molecular weight excluding hydrogens is 548 g/mol. The molecular formula is C6O22P4. The van der Waals surface area contributed by atoms with Crippen LogP contribution in [0.3, 0.4) is 0 Å². The zero-order valence-electron chi connectivity index (χ0n) is 13.8. The van der Waals surface area contributed by atoms with E-state index in [1.54, 1.807) is 0 Å². The number of fused-ring (bicyclic) bond motifs is 4. The highest BCUT2D eigenvalue weighted by Gasteiger charge is 3.16. The van der Waals surface area contributed by atoms with E-state index >= 15 is 0 Å². The summed E-state index contributed by atoms with van der Waals surface area (Å²) in [6.07, 6.45) is 0. The van der Waals surface area contributed by atoms with Gasteiger partial charge in [0.15, 0.2) is 0 Å². The summed E-state index contributed by atoms with van der Waals surface area (Å²) in [5.74, 6) is -19.3. The van der Waals surface area contributed by atoms with Crippen LogP contribution in [0.5, 0.6) is 0 Å². The monoisotopic (exact) mass is 548 g/mol. The zero-order chi connectivity index (χ0) is 21.7. The van der Waals surface area contributed by atoms with Crippen molar-refractivity contribution in [3.05, 3.63) is 0 Å². The highest BCUT2D eigenvalue weighted by molar-refractivity contribution is 7.50. The Labute approximate surface area is 169 Å². The van der Waals surface area contributed by atoms with Crippen molar-refractivity contribution in [3.63, 3.8) is 0 Å². The molecule has 10 heterocycles. The highest BCUT2D eigenvalue weighted by atomic mass is 31.2. The maximum atomic E-state index is 13.2. The van der Waals surface area contributed by atoms with Crippen LogP contribution in [-0.4, -0.2) is 34.7 Å². The predicted molar refractivity (Wildman–Crippen MR) is 66.3 cm³/mol. The van der Waals surface area contributed by atoms with Crippen molar-refractivity contribution in [2.45, 2.75) is 34.7 Å². The average Bonchev–Trinajstić information content (AvgIpc) is 3.23. The summed E-state index contributed by atoms with van der Waals surface area (Å²) in [4.78, 5) is 30.3. The second kappa shape index (κ2) is 4.65. The van der Waals surface area contributed by atoms with Crippen molar-refractivity contribution < 1.29 is 103 Å². The van der Waals surface area contributed by atoms with E-state index in [0.29, 0.717) is 0 Å². The molecule has 10 aliphatic heterocycles. The van der Waals surface area contributed by atoms with Crippen LogP contribution in [0, 0.1) is 0 Å². The van der Waals surface area contributed by atoms with E-state index in [9.17, 15) is 18.3 Å². The molecule has 0 unspecified atom stereocenters. The topological polar surface area (TPSA) is 234 Å². The Kier molecular flexibility index (Phi) is 2.82. The molecule has 0 amide bonds. The van der Waals surface area contributed by atoms with Gasteiger partial charge in [-0.25, -0.2) is 45.4 Å². The van der Waals surface area contributed by atoms with Gasteiger partial charge in [0.25, 0.3) is 0 Å². The molecule has 0 N–H and O–H groups in total. The van der Waals surface area contributed by atoms with Crippen LogP contribution in [-0.2, 0) is 103 Å². The maximum absolute atomic E-state index is 13.2. The Balaban J connectivity index is 1.49. The Morgan fingerprint density at radius 1 is 0.312 bits per heavy atom. The molecule has 0 atom stereocenters. The number of hydrogen-bond acceptors (Lipinski definition) is 22. The van der Waals surface area contributed by atoms with Crippen LogP contribution in [0.25, 0.3) is 0 Å². The van der Waals surface area contributed by atoms with E-state index in [-0.39, 0.29) is 0 Å². The lowest BCUT2D eigenvalue weighted by atomic mass is 9.69. The van der Waals surface area contributed by atoms with E-state index < -0.39 is 66.0 Å². The summed E-state index contributed by atoms with van der Waals surface area (Å²) in [7, 11) is -20.0. The van der Waals surface area contributed by atoms with Crippen molar-refractivity contribution >= 4 is 31.3 Å². The highest BCUT2D eigenvalue weighted by Crippen LogP contribution is 2.95. The molecule has 1 aliphatic carbocycles. The van der Waals surface area contributed by atoms with Gasteiger partial charge in [-0.05, 0) is 0 Å². The lowest BCUT2D eigenvalue weighted by molar-refractivity contribution is -0.690. The van der Waals surface area contributed by atoms with Gasteiger partial charge in [-0.1, -0.05) is 0 Å². The van der Waals surface area contributed by atoms with Gasteiger partial charge in [-0.15, -0.1) is 28.0 Å². The summed E-state index contributed by atoms with van der Waals surface area (Å²) in [6, 6.07) is 0. The van der Waals surface area contributed by atoms with Crippen molar-refractivity contribution in [2.24, 2.45) is 0 Å². The molecule has 11 aliphatic rings. The third kappa shape index (κ3) is 1.47. The molecule has 176 valence electrons. The van der Waals surface area contributed by atoms with Crippen molar-refractivity contribution in [2.75, 3.05) is 0 Å². The number of phosphoric acid groups is 4. The van der Waals surface area contributed by atoms with Crippen LogP contribution in [0.2, 0.25) is 0 Å². The Bertz CT molecular complexity index is 1150. The third-order valence-electron chi connectivity index (χ3n) is 5.52. The van der Waals surface area contributed by atoms with Crippen LogP contribution >= 0.6 is 31.3 Å². The molecule has 11 rings (SSSR count). The van der Waals surface area contributed by atoms with E-state index in [0.717, 1.165) is 0 Å². The van der Waals surface area contributed by atoms with Gasteiger partial charge in [0.2, 0.25) is 0 Å². The molecule has 10 saturated heterocycles. The first-order valence-corrected chi connectivity index (χ1v) is 13.7. The number of phosphoric ester groups is 2. The first kappa shape index (κ1) is 19.4. The predicted octanol–water partition coefficient (Wildman–Crippen LogP) is 0.508. The first-order valence-electron chi connectivity index (χ1n) is 7.87.